The van der Waals surface area contributed by atoms with E-state index in [1.165, 1.54) is 28.2 Å². The molecule has 5 rings (SSSR count). The van der Waals surface area contributed by atoms with Gasteiger partial charge in [-0.2, -0.15) is 0 Å². The Morgan fingerprint density at radius 1 is 0.909 bits per heavy atom. The first-order valence-electron chi connectivity index (χ1n) is 11.0. The number of rotatable bonds is 7. The molecule has 0 bridgehead atoms. The third-order valence-corrected chi connectivity index (χ3v) is 6.64. The molecule has 1 N–H and O–H groups in total. The molecule has 8 heteroatoms. The largest absolute Gasteiger partial charge is 0.341 e. The van der Waals surface area contributed by atoms with E-state index < -0.39 is 0 Å². The number of hydrogen-bond acceptors (Lipinski definition) is 5. The molecule has 0 radical (unpaired) electrons. The normalized spacial score (nSPS) is 11.3. The summed E-state index contributed by atoms with van der Waals surface area (Å²) in [7, 11) is 0. The summed E-state index contributed by atoms with van der Waals surface area (Å²) in [5.41, 5.74) is 4.13. The predicted molar refractivity (Wildman–Crippen MR) is 133 cm³/mol. The van der Waals surface area contributed by atoms with Gasteiger partial charge < -0.3 is 14.5 Å². The van der Waals surface area contributed by atoms with Crippen molar-refractivity contribution in [1.29, 1.82) is 0 Å². The molecule has 2 aromatic carbocycles. The fraction of sp³-hybridized carbons (Fsp3) is 0.200. The first-order valence-corrected chi connectivity index (χ1v) is 12.0. The highest BCUT2D eigenvalue weighted by molar-refractivity contribution is 7.99. The molecular formula is C25H24N6OS. The van der Waals surface area contributed by atoms with Crippen molar-refractivity contribution in [3.8, 4) is 11.4 Å². The molecule has 7 nitrogen and oxygen atoms in total. The summed E-state index contributed by atoms with van der Waals surface area (Å²) in [6.45, 7) is 5.80. The molecule has 0 saturated carbocycles. The van der Waals surface area contributed by atoms with Crippen LogP contribution in [0.4, 0.5) is 5.69 Å². The molecule has 0 fully saturated rings. The topological polar surface area (TPSA) is 77.6 Å². The molecule has 33 heavy (non-hydrogen) atoms. The number of aromatic nitrogens is 5. The Kier molecular flexibility index (Phi) is 5.83. The molecule has 0 atom stereocenters. The van der Waals surface area contributed by atoms with Crippen molar-refractivity contribution in [3.05, 3.63) is 67.0 Å². The summed E-state index contributed by atoms with van der Waals surface area (Å²) in [5, 5.41) is 14.7. The minimum absolute atomic E-state index is 0.0744. The molecule has 0 spiro atoms. The number of para-hydroxylation sites is 1. The highest BCUT2D eigenvalue weighted by atomic mass is 32.2. The van der Waals surface area contributed by atoms with Gasteiger partial charge in [-0.15, -0.1) is 10.2 Å². The second kappa shape index (κ2) is 9.07. The van der Waals surface area contributed by atoms with Crippen LogP contribution in [0.5, 0.6) is 0 Å². The lowest BCUT2D eigenvalue weighted by Crippen LogP contribution is -2.14. The first-order chi connectivity index (χ1) is 16.2. The van der Waals surface area contributed by atoms with Gasteiger partial charge in [0, 0.05) is 58.5 Å². The number of nitrogens with one attached hydrogen (secondary N) is 1. The summed E-state index contributed by atoms with van der Waals surface area (Å²) in [6, 6.07) is 18.3. The van der Waals surface area contributed by atoms with Crippen LogP contribution >= 0.6 is 11.8 Å². The van der Waals surface area contributed by atoms with E-state index >= 15 is 0 Å². The molecule has 0 saturated heterocycles. The Labute approximate surface area is 195 Å². The fourth-order valence-electron chi connectivity index (χ4n) is 4.19. The van der Waals surface area contributed by atoms with Crippen LogP contribution in [0.3, 0.4) is 0 Å². The van der Waals surface area contributed by atoms with Crippen LogP contribution in [0.15, 0.2) is 72.1 Å². The maximum absolute atomic E-state index is 12.7. The van der Waals surface area contributed by atoms with Gasteiger partial charge in [-0.1, -0.05) is 30.0 Å². The summed E-state index contributed by atoms with van der Waals surface area (Å²) < 4.78 is 4.31. The van der Waals surface area contributed by atoms with Gasteiger partial charge in [0.15, 0.2) is 11.0 Å². The highest BCUT2D eigenvalue weighted by Gasteiger charge is 2.15. The number of fused-ring (bicyclic) bond motifs is 3. The Balaban J connectivity index is 1.33. The average molecular weight is 457 g/mol. The van der Waals surface area contributed by atoms with E-state index in [-0.39, 0.29) is 11.7 Å². The molecule has 0 aliphatic carbocycles. The predicted octanol–water partition coefficient (Wildman–Crippen LogP) is 5.22. The van der Waals surface area contributed by atoms with Crippen LogP contribution in [0.25, 0.3) is 33.2 Å². The zero-order chi connectivity index (χ0) is 22.8. The minimum Gasteiger partial charge on any atom is -0.341 e. The third kappa shape index (κ3) is 3.98. The van der Waals surface area contributed by atoms with Gasteiger partial charge in [0.25, 0.3) is 0 Å². The van der Waals surface area contributed by atoms with Gasteiger partial charge in [0.05, 0.1) is 5.75 Å². The maximum Gasteiger partial charge on any atom is 0.234 e. The maximum atomic E-state index is 12.7. The van der Waals surface area contributed by atoms with Crippen molar-refractivity contribution in [2.75, 3.05) is 11.1 Å². The molecule has 0 aliphatic rings. The Hall–Kier alpha value is -3.65. The van der Waals surface area contributed by atoms with E-state index in [2.05, 4.69) is 62.3 Å². The van der Waals surface area contributed by atoms with Gasteiger partial charge >= 0.3 is 0 Å². The summed E-state index contributed by atoms with van der Waals surface area (Å²) in [5.74, 6) is 0.957. The zero-order valence-electron chi connectivity index (χ0n) is 18.5. The lowest BCUT2D eigenvalue weighted by Gasteiger charge is -2.08. The molecule has 1 amide bonds. The fourth-order valence-corrected chi connectivity index (χ4v) is 5.00. The summed E-state index contributed by atoms with van der Waals surface area (Å²) >= 11 is 1.39. The van der Waals surface area contributed by atoms with Crippen molar-refractivity contribution in [2.24, 2.45) is 0 Å². The van der Waals surface area contributed by atoms with Crippen LogP contribution in [-0.4, -0.2) is 36.0 Å². The number of anilines is 1. The van der Waals surface area contributed by atoms with Crippen LogP contribution < -0.4 is 5.32 Å². The van der Waals surface area contributed by atoms with Gasteiger partial charge in [0.1, 0.15) is 0 Å². The van der Waals surface area contributed by atoms with Crippen LogP contribution in [0.1, 0.15) is 13.8 Å². The summed E-state index contributed by atoms with van der Waals surface area (Å²) in [4.78, 5) is 16.8. The van der Waals surface area contributed by atoms with Gasteiger partial charge in [-0.3, -0.25) is 9.78 Å². The molecule has 166 valence electrons. The minimum atomic E-state index is -0.0744. The number of aryl methyl sites for hydroxylation is 1. The van der Waals surface area contributed by atoms with E-state index in [0.717, 1.165) is 34.2 Å². The van der Waals surface area contributed by atoms with Crippen molar-refractivity contribution >= 4 is 45.2 Å². The number of amides is 1. The van der Waals surface area contributed by atoms with E-state index in [9.17, 15) is 4.79 Å². The molecule has 0 aliphatic heterocycles. The molecule has 0 unspecified atom stereocenters. The van der Waals surface area contributed by atoms with Crippen molar-refractivity contribution in [3.63, 3.8) is 0 Å². The average Bonchev–Trinajstić information content (AvgIpc) is 3.41. The van der Waals surface area contributed by atoms with E-state index in [4.69, 9.17) is 0 Å². The van der Waals surface area contributed by atoms with Gasteiger partial charge in [-0.25, -0.2) is 0 Å². The van der Waals surface area contributed by atoms with E-state index in [0.29, 0.717) is 6.54 Å². The zero-order valence-corrected chi connectivity index (χ0v) is 19.3. The van der Waals surface area contributed by atoms with Crippen LogP contribution in [-0.2, 0) is 17.9 Å². The number of pyridine rings is 1. The van der Waals surface area contributed by atoms with Crippen LogP contribution in [0, 0.1) is 0 Å². The van der Waals surface area contributed by atoms with Crippen molar-refractivity contribution in [1.82, 2.24) is 24.3 Å². The first kappa shape index (κ1) is 21.2. The number of nitrogens with zero attached hydrogens (tertiary/aromatic N) is 5. The van der Waals surface area contributed by atoms with E-state index in [1.54, 1.807) is 12.4 Å². The van der Waals surface area contributed by atoms with Gasteiger partial charge in [-0.05, 0) is 50.2 Å². The number of carbonyl (C=O) groups excluding carboxylic acids is 1. The Morgan fingerprint density at radius 2 is 1.67 bits per heavy atom. The SMILES string of the molecule is CCn1c(SCC(=O)Nc2ccc3c(c2)c2ccccc2n3CC)nnc1-c1ccncc1. The van der Waals surface area contributed by atoms with Crippen LogP contribution in [0.2, 0.25) is 0 Å². The monoisotopic (exact) mass is 456 g/mol. The van der Waals surface area contributed by atoms with E-state index in [1.807, 2.05) is 35.8 Å². The quantitative estimate of drug-likeness (QED) is 0.340. The number of carbonyl (C=O) groups is 1. The third-order valence-electron chi connectivity index (χ3n) is 5.68. The highest BCUT2D eigenvalue weighted by Crippen LogP contribution is 2.31. The number of benzene rings is 2. The Morgan fingerprint density at radius 3 is 2.45 bits per heavy atom. The lowest BCUT2D eigenvalue weighted by molar-refractivity contribution is -0.113. The van der Waals surface area contributed by atoms with Crippen molar-refractivity contribution in [2.45, 2.75) is 32.1 Å². The molecule has 3 aromatic heterocycles. The number of thioether (sulfide) groups is 1. The second-order valence-electron chi connectivity index (χ2n) is 7.62. The summed E-state index contributed by atoms with van der Waals surface area (Å²) in [6.07, 6.45) is 3.47. The second-order valence-corrected chi connectivity index (χ2v) is 8.56. The standard InChI is InChI=1S/C25H24N6OS/c1-3-30-21-8-6-5-7-19(21)20-15-18(9-10-22(20)30)27-23(32)16-33-25-29-28-24(31(25)4-2)17-11-13-26-14-12-17/h5-15H,3-4,16H2,1-2H3,(H,27,32). The lowest BCUT2D eigenvalue weighted by atomic mass is 10.1. The Bertz CT molecular complexity index is 1440. The molecule has 5 aromatic rings. The van der Waals surface area contributed by atoms with Gasteiger partial charge in [0.2, 0.25) is 5.91 Å². The molecular weight excluding hydrogens is 432 g/mol. The number of hydrogen-bond donors (Lipinski definition) is 1. The van der Waals surface area contributed by atoms with Crippen molar-refractivity contribution < 1.29 is 4.79 Å². The molecule has 3 heterocycles. The smallest absolute Gasteiger partial charge is 0.234 e.